The molecule has 2 N–H and O–H groups in total. The van der Waals surface area contributed by atoms with E-state index in [1.165, 1.54) is 0 Å². The van der Waals surface area contributed by atoms with Gasteiger partial charge in [-0.1, -0.05) is 13.8 Å². The third kappa shape index (κ3) is 6.61. The molecular formula is C13H28N2O2S. The highest BCUT2D eigenvalue weighted by atomic mass is 32.2. The van der Waals surface area contributed by atoms with Gasteiger partial charge >= 0.3 is 0 Å². The first kappa shape index (κ1) is 17.7. The summed E-state index contributed by atoms with van der Waals surface area (Å²) in [6.45, 7) is 8.12. The van der Waals surface area contributed by atoms with Crippen molar-refractivity contribution in [3.8, 4) is 0 Å². The van der Waals surface area contributed by atoms with Crippen molar-refractivity contribution >= 4 is 17.7 Å². The summed E-state index contributed by atoms with van der Waals surface area (Å²) in [6, 6.07) is 0.0620. The predicted molar refractivity (Wildman–Crippen MR) is 79.2 cm³/mol. The van der Waals surface area contributed by atoms with Crippen LogP contribution in [0.5, 0.6) is 0 Å². The lowest BCUT2D eigenvalue weighted by molar-refractivity contribution is -0.121. The number of hydrogen-bond acceptors (Lipinski definition) is 4. The first-order chi connectivity index (χ1) is 8.53. The van der Waals surface area contributed by atoms with Gasteiger partial charge < -0.3 is 15.4 Å². The number of rotatable bonds is 10. The molecular weight excluding hydrogens is 248 g/mol. The molecule has 0 aliphatic carbocycles. The van der Waals surface area contributed by atoms with E-state index >= 15 is 0 Å². The molecule has 0 radical (unpaired) electrons. The minimum absolute atomic E-state index is 0.0294. The van der Waals surface area contributed by atoms with Gasteiger partial charge in [0.1, 0.15) is 0 Å². The van der Waals surface area contributed by atoms with Crippen LogP contribution in [-0.4, -0.2) is 49.8 Å². The highest BCUT2D eigenvalue weighted by Crippen LogP contribution is 2.29. The third-order valence-electron chi connectivity index (χ3n) is 3.28. The van der Waals surface area contributed by atoms with Gasteiger partial charge in [-0.3, -0.25) is 4.79 Å². The summed E-state index contributed by atoms with van der Waals surface area (Å²) < 4.78 is 5.23. The second-order valence-corrected chi connectivity index (χ2v) is 5.90. The Bertz CT molecular complexity index is 225. The van der Waals surface area contributed by atoms with E-state index in [9.17, 15) is 4.79 Å². The van der Waals surface area contributed by atoms with E-state index in [0.29, 0.717) is 13.2 Å². The smallest absolute Gasteiger partial charge is 0.234 e. The Balaban J connectivity index is 3.92. The molecule has 0 heterocycles. The van der Waals surface area contributed by atoms with Gasteiger partial charge in [-0.25, -0.2) is 0 Å². The monoisotopic (exact) mass is 276 g/mol. The van der Waals surface area contributed by atoms with E-state index in [-0.39, 0.29) is 16.7 Å². The Kier molecular flexibility index (Phi) is 9.50. The van der Waals surface area contributed by atoms with Gasteiger partial charge in [0.2, 0.25) is 5.91 Å². The van der Waals surface area contributed by atoms with Crippen LogP contribution in [0.15, 0.2) is 0 Å². The number of carbonyl (C=O) groups is 1. The molecule has 0 aromatic heterocycles. The van der Waals surface area contributed by atoms with E-state index in [2.05, 4.69) is 30.7 Å². The summed E-state index contributed by atoms with van der Waals surface area (Å²) in [5, 5.41) is 6.14. The van der Waals surface area contributed by atoms with Gasteiger partial charge in [0, 0.05) is 24.4 Å². The number of nitrogens with one attached hydrogen (secondary N) is 2. The van der Waals surface area contributed by atoms with E-state index in [1.54, 1.807) is 7.11 Å². The van der Waals surface area contributed by atoms with E-state index < -0.39 is 0 Å². The largest absolute Gasteiger partial charge is 0.383 e. The number of thioether (sulfide) groups is 1. The summed E-state index contributed by atoms with van der Waals surface area (Å²) in [5.74, 6) is 0.0294. The fraction of sp³-hybridized carbons (Fsp3) is 0.923. The third-order valence-corrected chi connectivity index (χ3v) is 4.87. The fourth-order valence-corrected chi connectivity index (χ4v) is 2.71. The summed E-state index contributed by atoms with van der Waals surface area (Å²) in [6.07, 6.45) is 4.36. The van der Waals surface area contributed by atoms with Crippen molar-refractivity contribution in [2.75, 3.05) is 33.1 Å². The van der Waals surface area contributed by atoms with Crippen molar-refractivity contribution in [2.24, 2.45) is 0 Å². The van der Waals surface area contributed by atoms with Crippen molar-refractivity contribution in [1.82, 2.24) is 10.6 Å². The lowest BCUT2D eigenvalue weighted by Gasteiger charge is -2.29. The molecule has 1 amide bonds. The van der Waals surface area contributed by atoms with Crippen LogP contribution in [0.3, 0.4) is 0 Å². The quantitative estimate of drug-likeness (QED) is 0.637. The average Bonchev–Trinajstić information content (AvgIpc) is 2.35. The lowest BCUT2D eigenvalue weighted by atomic mass is 10.0. The minimum Gasteiger partial charge on any atom is -0.383 e. The maximum atomic E-state index is 11.6. The van der Waals surface area contributed by atoms with Crippen LogP contribution in [0.25, 0.3) is 0 Å². The van der Waals surface area contributed by atoms with E-state index in [4.69, 9.17) is 4.74 Å². The predicted octanol–water partition coefficient (Wildman–Crippen LogP) is 1.65. The Morgan fingerprint density at radius 1 is 1.39 bits per heavy atom. The highest BCUT2D eigenvalue weighted by molar-refractivity contribution is 8.00. The standard InChI is InChI=1S/C13H28N2O2S/c1-6-13(7-2,18-5)10-14-8-12(16)15-11(3)9-17-4/h11,14H,6-10H2,1-5H3,(H,15,16). The van der Waals surface area contributed by atoms with Gasteiger partial charge in [0.15, 0.2) is 0 Å². The molecule has 0 spiro atoms. The SMILES string of the molecule is CCC(CC)(CNCC(=O)NC(C)COC)SC. The Labute approximate surface area is 116 Å². The second kappa shape index (κ2) is 9.64. The van der Waals surface area contributed by atoms with Crippen LogP contribution >= 0.6 is 11.8 Å². The number of carbonyl (C=O) groups excluding carboxylic acids is 1. The maximum absolute atomic E-state index is 11.6. The maximum Gasteiger partial charge on any atom is 0.234 e. The van der Waals surface area contributed by atoms with E-state index in [0.717, 1.165) is 19.4 Å². The zero-order valence-corrected chi connectivity index (χ0v) is 13.2. The molecule has 18 heavy (non-hydrogen) atoms. The number of amides is 1. The van der Waals surface area contributed by atoms with E-state index in [1.807, 2.05) is 18.7 Å². The fourth-order valence-electron chi connectivity index (χ4n) is 1.88. The van der Waals surface area contributed by atoms with Crippen molar-refractivity contribution in [2.45, 2.75) is 44.4 Å². The summed E-state index contributed by atoms with van der Waals surface area (Å²) >= 11 is 1.88. The van der Waals surface area contributed by atoms with Crippen LogP contribution < -0.4 is 10.6 Å². The van der Waals surface area contributed by atoms with Crippen molar-refractivity contribution in [3.63, 3.8) is 0 Å². The molecule has 0 fully saturated rings. The van der Waals surface area contributed by atoms with Crippen molar-refractivity contribution in [1.29, 1.82) is 0 Å². The Morgan fingerprint density at radius 3 is 2.44 bits per heavy atom. The number of hydrogen-bond donors (Lipinski definition) is 2. The second-order valence-electron chi connectivity index (χ2n) is 4.62. The summed E-state index contributed by atoms with van der Waals surface area (Å²) in [5.41, 5.74) is 0. The first-order valence-corrected chi connectivity index (χ1v) is 7.80. The summed E-state index contributed by atoms with van der Waals surface area (Å²) in [4.78, 5) is 11.6. The molecule has 0 rings (SSSR count). The van der Waals surface area contributed by atoms with Crippen LogP contribution in [-0.2, 0) is 9.53 Å². The van der Waals surface area contributed by atoms with Gasteiger partial charge in [-0.2, -0.15) is 11.8 Å². The molecule has 0 saturated carbocycles. The molecule has 5 heteroatoms. The Hall–Kier alpha value is -0.260. The molecule has 0 aromatic carbocycles. The molecule has 1 unspecified atom stereocenters. The number of methoxy groups -OCH3 is 1. The molecule has 0 bridgehead atoms. The minimum atomic E-state index is 0.0294. The molecule has 0 saturated heterocycles. The summed E-state index contributed by atoms with van der Waals surface area (Å²) in [7, 11) is 1.64. The van der Waals surface area contributed by atoms with Gasteiger partial charge in [0.05, 0.1) is 13.2 Å². The zero-order chi connectivity index (χ0) is 14.0. The van der Waals surface area contributed by atoms with Crippen LogP contribution in [0.1, 0.15) is 33.6 Å². The highest BCUT2D eigenvalue weighted by Gasteiger charge is 2.24. The molecule has 108 valence electrons. The molecule has 4 nitrogen and oxygen atoms in total. The lowest BCUT2D eigenvalue weighted by Crippen LogP contribution is -2.44. The van der Waals surface area contributed by atoms with Gasteiger partial charge in [0.25, 0.3) is 0 Å². The van der Waals surface area contributed by atoms with Gasteiger partial charge in [-0.15, -0.1) is 0 Å². The van der Waals surface area contributed by atoms with Crippen molar-refractivity contribution < 1.29 is 9.53 Å². The molecule has 0 aromatic rings. The Morgan fingerprint density at radius 2 is 2.00 bits per heavy atom. The van der Waals surface area contributed by atoms with Crippen LogP contribution in [0, 0.1) is 0 Å². The molecule has 0 aliphatic heterocycles. The van der Waals surface area contributed by atoms with Gasteiger partial charge in [-0.05, 0) is 26.0 Å². The van der Waals surface area contributed by atoms with Crippen molar-refractivity contribution in [3.05, 3.63) is 0 Å². The van der Waals surface area contributed by atoms with Crippen LogP contribution in [0.2, 0.25) is 0 Å². The molecule has 0 aliphatic rings. The average molecular weight is 276 g/mol. The normalized spacial score (nSPS) is 13.4. The first-order valence-electron chi connectivity index (χ1n) is 6.57. The topological polar surface area (TPSA) is 50.4 Å². The number of ether oxygens (including phenoxy) is 1. The zero-order valence-electron chi connectivity index (χ0n) is 12.3. The van der Waals surface area contributed by atoms with Crippen LogP contribution in [0.4, 0.5) is 0 Å². The molecule has 1 atom stereocenters.